The van der Waals surface area contributed by atoms with Gasteiger partial charge in [0.1, 0.15) is 0 Å². The third-order valence-corrected chi connectivity index (χ3v) is 7.23. The Morgan fingerprint density at radius 3 is 0.431 bits per heavy atom. The maximum absolute atomic E-state index is 3.02. The van der Waals surface area contributed by atoms with E-state index in [0.717, 1.165) is 0 Å². The summed E-state index contributed by atoms with van der Waals surface area (Å²) in [5.74, 6) is 9.06. The van der Waals surface area contributed by atoms with Gasteiger partial charge >= 0.3 is 0 Å². The second-order valence-electron chi connectivity index (χ2n) is 13.0. The first kappa shape index (κ1) is 62.3. The van der Waals surface area contributed by atoms with Crippen LogP contribution in [0.3, 0.4) is 0 Å². The molecule has 0 bridgehead atoms. The normalized spacial score (nSPS) is 8.65. The molecule has 6 heteroatoms. The quantitative estimate of drug-likeness (QED) is 0.105. The third kappa shape index (κ3) is 75.2. The SMILES string of the molecule is CC(C)(C)[C-]=[PH2+].CC(C)(C)[C-]=[PH2+].CC(C)(C)[C-]=[PH2+].[Zr].[Zr].[Zr].[cH-]1[cH-][cH-][cH-][cH-]1.c1cc[cH-]c1.c1cc[cH-]c1.c1cc[cH-]c1.c1cc[cH-]c1.c1cc[cH-]c1. The van der Waals surface area contributed by atoms with Crippen LogP contribution in [0.15, 0.2) is 182 Å². The van der Waals surface area contributed by atoms with Gasteiger partial charge in [-0.2, -0.15) is 91.0 Å². The molecule has 3 atom stereocenters. The summed E-state index contributed by atoms with van der Waals surface area (Å²) in [4.78, 5) is 0. The van der Waals surface area contributed by atoms with Crippen LogP contribution in [0.4, 0.5) is 0 Å². The molecule has 0 nitrogen and oxygen atoms in total. The molecule has 0 aliphatic rings. The van der Waals surface area contributed by atoms with Crippen LogP contribution in [0, 0.1) is 16.2 Å². The minimum Gasteiger partial charge on any atom is -0.748 e. The zero-order chi connectivity index (χ0) is 36.8. The summed E-state index contributed by atoms with van der Waals surface area (Å²) >= 11 is 0. The fourth-order valence-electron chi connectivity index (χ4n) is 1.92. The second kappa shape index (κ2) is 45.4. The van der Waals surface area contributed by atoms with E-state index in [1.165, 1.54) is 0 Å². The first-order valence-electron chi connectivity index (χ1n) is 16.1. The molecule has 0 aromatic heterocycles. The Labute approximate surface area is 379 Å². The van der Waals surface area contributed by atoms with Gasteiger partial charge in [-0.1, -0.05) is 62.3 Å². The standard InChI is InChI=1S/3C5H11P.6C5H5.3Zr/c3*1-5(2,3)4-6;6*1-2-4-5-3-1;;;/h3*6H2,1-3H3;6*1-5H;;;/q;;;-5;5*-1;;;. The topological polar surface area (TPSA) is 0 Å². The first-order chi connectivity index (χ1) is 22.7. The molecular weight excluding hydrogens is 907 g/mol. The predicted octanol–water partition coefficient (Wildman–Crippen LogP) is 13.2. The minimum absolute atomic E-state index is 0. The molecule has 0 heterocycles. The van der Waals surface area contributed by atoms with E-state index in [1.54, 1.807) is 0 Å². The van der Waals surface area contributed by atoms with Gasteiger partial charge in [-0.15, -0.1) is 42.8 Å². The van der Waals surface area contributed by atoms with Crippen molar-refractivity contribution in [2.75, 3.05) is 0 Å². The molecule has 0 aliphatic carbocycles. The van der Waals surface area contributed by atoms with E-state index in [0.29, 0.717) is 0 Å². The fraction of sp³-hybridized carbons (Fsp3) is 0.267. The summed E-state index contributed by atoms with van der Waals surface area (Å²) in [6.07, 6.45) is 0. The van der Waals surface area contributed by atoms with Crippen molar-refractivity contribution in [3.8, 4) is 0 Å². The number of hydrogen-bond acceptors (Lipinski definition) is 0. The molecule has 0 radical (unpaired) electrons. The van der Waals surface area contributed by atoms with Gasteiger partial charge in [-0.05, 0) is 0 Å². The number of rotatable bonds is 0. The van der Waals surface area contributed by atoms with Crippen LogP contribution in [-0.4, -0.2) is 17.4 Å². The molecule has 0 saturated heterocycles. The Morgan fingerprint density at radius 2 is 0.392 bits per heavy atom. The van der Waals surface area contributed by atoms with E-state index in [1.807, 2.05) is 182 Å². The number of hydrogen-bond donors (Lipinski definition) is 0. The van der Waals surface area contributed by atoms with Crippen molar-refractivity contribution >= 4 is 44.0 Å². The molecule has 280 valence electrons. The molecule has 3 unspecified atom stereocenters. The van der Waals surface area contributed by atoms with E-state index < -0.39 is 0 Å². The van der Waals surface area contributed by atoms with Crippen molar-refractivity contribution in [1.29, 1.82) is 0 Å². The van der Waals surface area contributed by atoms with Gasteiger partial charge in [0, 0.05) is 78.6 Å². The van der Waals surface area contributed by atoms with Crippen molar-refractivity contribution in [2.45, 2.75) is 62.3 Å². The van der Waals surface area contributed by atoms with Gasteiger partial charge in [0.2, 0.25) is 0 Å². The average Bonchev–Trinajstić information content (AvgIpc) is 3.91. The smallest absolute Gasteiger partial charge is 0 e. The fourth-order valence-corrected chi connectivity index (χ4v) is 1.92. The zero-order valence-electron chi connectivity index (χ0n) is 32.6. The molecule has 6 aromatic carbocycles. The third-order valence-electron chi connectivity index (χ3n) is 4.63. The second-order valence-corrected chi connectivity index (χ2v) is 13.8. The molecule has 0 aliphatic heterocycles. The van der Waals surface area contributed by atoms with Crippen LogP contribution in [0.25, 0.3) is 0 Å². The van der Waals surface area contributed by atoms with E-state index >= 15 is 0 Å². The van der Waals surface area contributed by atoms with Crippen LogP contribution in [0.5, 0.6) is 0 Å². The molecule has 0 N–H and O–H groups in total. The Balaban J connectivity index is -0.000000111. The molecular formula is C45H63P3Zr3-10. The zero-order valence-corrected chi connectivity index (χ0v) is 43.4. The summed E-state index contributed by atoms with van der Waals surface area (Å²) in [6.45, 7) is 19.0. The minimum atomic E-state index is 0. The van der Waals surface area contributed by atoms with E-state index in [9.17, 15) is 0 Å². The van der Waals surface area contributed by atoms with Gasteiger partial charge in [-0.25, -0.2) is 60.7 Å². The van der Waals surface area contributed by atoms with Crippen LogP contribution in [0.1, 0.15) is 62.3 Å². The van der Waals surface area contributed by atoms with Crippen molar-refractivity contribution in [1.82, 2.24) is 0 Å². The predicted molar refractivity (Wildman–Crippen MR) is 235 cm³/mol. The average molecular weight is 971 g/mol. The van der Waals surface area contributed by atoms with Gasteiger partial charge < -0.3 is 30.3 Å². The maximum atomic E-state index is 3.02. The maximum Gasteiger partial charge on any atom is 0 e. The summed E-state index contributed by atoms with van der Waals surface area (Å²) < 4.78 is 0. The van der Waals surface area contributed by atoms with Gasteiger partial charge in [0.25, 0.3) is 0 Å². The molecule has 6 aromatic rings. The largest absolute Gasteiger partial charge is 0.748 e. The summed E-state index contributed by atoms with van der Waals surface area (Å²) in [5.41, 5.74) is 0.764. The van der Waals surface area contributed by atoms with Gasteiger partial charge in [-0.3, -0.25) is 17.4 Å². The van der Waals surface area contributed by atoms with E-state index in [4.69, 9.17) is 0 Å². The molecule has 0 amide bonds. The summed E-state index contributed by atoms with van der Waals surface area (Å²) in [5, 5.41) is 0. The molecule has 6 rings (SSSR count). The van der Waals surface area contributed by atoms with Crippen LogP contribution in [-0.2, 0) is 78.6 Å². The Kier molecular flexibility index (Phi) is 55.4. The molecule has 51 heavy (non-hydrogen) atoms. The summed E-state index contributed by atoms with van der Waals surface area (Å²) in [6, 6.07) is 60.0. The molecule has 0 saturated carbocycles. The van der Waals surface area contributed by atoms with Gasteiger partial charge in [0.15, 0.2) is 0 Å². The van der Waals surface area contributed by atoms with Crippen molar-refractivity contribution in [3.63, 3.8) is 0 Å². The summed E-state index contributed by atoms with van der Waals surface area (Å²) in [7, 11) is 7.42. The van der Waals surface area contributed by atoms with Crippen LogP contribution >= 0.6 is 26.6 Å². The Bertz CT molecular complexity index is 928. The van der Waals surface area contributed by atoms with E-state index in [2.05, 4.69) is 106 Å². The molecule has 0 spiro atoms. The van der Waals surface area contributed by atoms with Crippen molar-refractivity contribution in [2.24, 2.45) is 16.2 Å². The van der Waals surface area contributed by atoms with Crippen molar-refractivity contribution in [3.05, 3.63) is 182 Å². The van der Waals surface area contributed by atoms with E-state index in [-0.39, 0.29) is 94.9 Å². The van der Waals surface area contributed by atoms with Gasteiger partial charge in [0.05, 0.1) is 0 Å². The van der Waals surface area contributed by atoms with Crippen LogP contribution in [0.2, 0.25) is 0 Å². The van der Waals surface area contributed by atoms with Crippen molar-refractivity contribution < 1.29 is 78.6 Å². The van der Waals surface area contributed by atoms with Crippen LogP contribution < -0.4 is 0 Å². The Hall–Kier alpha value is -0.741. The molecule has 0 fully saturated rings. The monoisotopic (exact) mass is 966 g/mol. The first-order valence-corrected chi connectivity index (χ1v) is 17.8. The Morgan fingerprint density at radius 1 is 0.294 bits per heavy atom.